The number of amides is 1. The van der Waals surface area contributed by atoms with Gasteiger partial charge in [-0.15, -0.1) is 0 Å². The van der Waals surface area contributed by atoms with E-state index in [9.17, 15) is 4.79 Å². The van der Waals surface area contributed by atoms with Gasteiger partial charge >= 0.3 is 0 Å². The van der Waals surface area contributed by atoms with Crippen molar-refractivity contribution in [1.29, 1.82) is 0 Å². The normalized spacial score (nSPS) is 10.7. The summed E-state index contributed by atoms with van der Waals surface area (Å²) in [6, 6.07) is 1.84. The molecule has 2 aromatic rings. The van der Waals surface area contributed by atoms with Gasteiger partial charge in [0.05, 0.1) is 5.56 Å². The molecule has 0 unspecified atom stereocenters. The topological polar surface area (TPSA) is 99.8 Å². The maximum absolute atomic E-state index is 11.6. The molecule has 2 heterocycles. The van der Waals surface area contributed by atoms with Crippen LogP contribution in [0.1, 0.15) is 27.4 Å². The van der Waals surface area contributed by atoms with E-state index in [2.05, 4.69) is 9.97 Å². The zero-order valence-electron chi connectivity index (χ0n) is 11.1. The van der Waals surface area contributed by atoms with Crippen molar-refractivity contribution in [3.8, 4) is 5.82 Å². The first kappa shape index (κ1) is 13.2. The molecule has 0 aliphatic heterocycles. The standard InChI is InChI=1S/C13H17N5O/c1-8-7-9(2)17-13(11(8)12(15)19)18-6-5-16-10(18)3-4-14/h5-7H,3-4,14H2,1-2H3,(H2,15,19). The highest BCUT2D eigenvalue weighted by atomic mass is 16.1. The molecule has 0 aliphatic rings. The molecule has 1 amide bonds. The number of aromatic nitrogens is 3. The summed E-state index contributed by atoms with van der Waals surface area (Å²) >= 11 is 0. The van der Waals surface area contributed by atoms with E-state index < -0.39 is 5.91 Å². The number of aryl methyl sites for hydroxylation is 2. The third-order valence-corrected chi connectivity index (χ3v) is 2.89. The van der Waals surface area contributed by atoms with Crippen molar-refractivity contribution in [1.82, 2.24) is 14.5 Å². The van der Waals surface area contributed by atoms with Crippen molar-refractivity contribution in [2.24, 2.45) is 11.5 Å². The Balaban J connectivity index is 2.66. The Bertz CT molecular complexity index is 617. The van der Waals surface area contributed by atoms with Gasteiger partial charge in [-0.2, -0.15) is 0 Å². The van der Waals surface area contributed by atoms with Gasteiger partial charge in [-0.25, -0.2) is 9.97 Å². The van der Waals surface area contributed by atoms with Crippen LogP contribution in [-0.4, -0.2) is 27.0 Å². The number of pyridine rings is 1. The van der Waals surface area contributed by atoms with Gasteiger partial charge in [-0.05, 0) is 32.0 Å². The molecule has 6 heteroatoms. The van der Waals surface area contributed by atoms with Gasteiger partial charge in [-0.1, -0.05) is 0 Å². The van der Waals surface area contributed by atoms with Crippen LogP contribution >= 0.6 is 0 Å². The minimum Gasteiger partial charge on any atom is -0.365 e. The number of carbonyl (C=O) groups excluding carboxylic acids is 1. The molecule has 0 bridgehead atoms. The van der Waals surface area contributed by atoms with E-state index in [1.165, 1.54) is 0 Å². The summed E-state index contributed by atoms with van der Waals surface area (Å²) in [6.45, 7) is 4.20. The molecule has 0 saturated carbocycles. The summed E-state index contributed by atoms with van der Waals surface area (Å²) < 4.78 is 1.77. The number of primary amides is 1. The molecule has 0 saturated heterocycles. The SMILES string of the molecule is Cc1cc(C)c(C(N)=O)c(-n2ccnc2CCN)n1. The van der Waals surface area contributed by atoms with Crippen molar-refractivity contribution in [3.05, 3.63) is 41.1 Å². The van der Waals surface area contributed by atoms with E-state index in [0.29, 0.717) is 24.3 Å². The Morgan fingerprint density at radius 2 is 2.16 bits per heavy atom. The minimum atomic E-state index is -0.493. The molecule has 0 aromatic carbocycles. The van der Waals surface area contributed by atoms with Crippen LogP contribution < -0.4 is 11.5 Å². The predicted molar refractivity (Wildman–Crippen MR) is 72.1 cm³/mol. The van der Waals surface area contributed by atoms with E-state index in [-0.39, 0.29) is 0 Å². The Morgan fingerprint density at radius 1 is 1.42 bits per heavy atom. The van der Waals surface area contributed by atoms with Crippen molar-refractivity contribution >= 4 is 5.91 Å². The highest BCUT2D eigenvalue weighted by Gasteiger charge is 2.17. The molecule has 0 atom stereocenters. The molecule has 0 fully saturated rings. The first-order valence-corrected chi connectivity index (χ1v) is 6.05. The smallest absolute Gasteiger partial charge is 0.252 e. The number of imidazole rings is 1. The fourth-order valence-corrected chi connectivity index (χ4v) is 2.14. The molecule has 2 aromatic heterocycles. The summed E-state index contributed by atoms with van der Waals surface area (Å²) in [6.07, 6.45) is 4.04. The van der Waals surface area contributed by atoms with Crippen LogP contribution in [0.3, 0.4) is 0 Å². The van der Waals surface area contributed by atoms with Crippen molar-refractivity contribution in [2.45, 2.75) is 20.3 Å². The fourth-order valence-electron chi connectivity index (χ4n) is 2.14. The lowest BCUT2D eigenvalue weighted by Crippen LogP contribution is -2.19. The number of carbonyl (C=O) groups is 1. The monoisotopic (exact) mass is 259 g/mol. The summed E-state index contributed by atoms with van der Waals surface area (Å²) in [7, 11) is 0. The Labute approximate surface area is 111 Å². The van der Waals surface area contributed by atoms with Crippen molar-refractivity contribution in [3.63, 3.8) is 0 Å². The average molecular weight is 259 g/mol. The molecule has 0 aliphatic carbocycles. The number of hydrogen-bond acceptors (Lipinski definition) is 4. The van der Waals surface area contributed by atoms with Gasteiger partial charge in [0, 0.05) is 24.5 Å². The summed E-state index contributed by atoms with van der Waals surface area (Å²) in [5.74, 6) is 0.792. The second kappa shape index (κ2) is 5.19. The largest absolute Gasteiger partial charge is 0.365 e. The first-order chi connectivity index (χ1) is 9.04. The third-order valence-electron chi connectivity index (χ3n) is 2.89. The maximum atomic E-state index is 11.6. The first-order valence-electron chi connectivity index (χ1n) is 6.05. The molecule has 100 valence electrons. The second-order valence-corrected chi connectivity index (χ2v) is 4.40. The minimum absolute atomic E-state index is 0.418. The zero-order valence-corrected chi connectivity index (χ0v) is 11.1. The van der Waals surface area contributed by atoms with E-state index >= 15 is 0 Å². The Hall–Kier alpha value is -2.21. The highest BCUT2D eigenvalue weighted by Crippen LogP contribution is 2.19. The third kappa shape index (κ3) is 2.48. The number of rotatable bonds is 4. The van der Waals surface area contributed by atoms with Crippen LogP contribution in [0.4, 0.5) is 0 Å². The van der Waals surface area contributed by atoms with Gasteiger partial charge < -0.3 is 11.5 Å². The lowest BCUT2D eigenvalue weighted by atomic mass is 10.1. The maximum Gasteiger partial charge on any atom is 0.252 e. The van der Waals surface area contributed by atoms with E-state index in [1.54, 1.807) is 17.0 Å². The van der Waals surface area contributed by atoms with Crippen LogP contribution in [0.25, 0.3) is 5.82 Å². The molecule has 6 nitrogen and oxygen atoms in total. The number of nitrogens with two attached hydrogens (primary N) is 2. The van der Waals surface area contributed by atoms with Crippen LogP contribution in [0, 0.1) is 13.8 Å². The quantitative estimate of drug-likeness (QED) is 0.834. The summed E-state index contributed by atoms with van der Waals surface area (Å²) in [4.78, 5) is 20.3. The van der Waals surface area contributed by atoms with Crippen LogP contribution in [0.2, 0.25) is 0 Å². The highest BCUT2D eigenvalue weighted by molar-refractivity contribution is 5.97. The molecular formula is C13H17N5O. The molecule has 4 N–H and O–H groups in total. The fraction of sp³-hybridized carbons (Fsp3) is 0.308. The van der Waals surface area contributed by atoms with Gasteiger partial charge in [0.15, 0.2) is 5.82 Å². The molecule has 2 rings (SSSR count). The van der Waals surface area contributed by atoms with E-state index in [0.717, 1.165) is 17.1 Å². The molecule has 0 radical (unpaired) electrons. The zero-order chi connectivity index (χ0) is 14.0. The number of nitrogens with zero attached hydrogens (tertiary/aromatic N) is 3. The van der Waals surface area contributed by atoms with Crippen molar-refractivity contribution in [2.75, 3.05) is 6.54 Å². The van der Waals surface area contributed by atoms with Crippen LogP contribution in [0.5, 0.6) is 0 Å². The average Bonchev–Trinajstić information content (AvgIpc) is 2.75. The lowest BCUT2D eigenvalue weighted by Gasteiger charge is -2.13. The van der Waals surface area contributed by atoms with Crippen LogP contribution in [0.15, 0.2) is 18.5 Å². The molecule has 19 heavy (non-hydrogen) atoms. The van der Waals surface area contributed by atoms with Crippen molar-refractivity contribution < 1.29 is 4.79 Å². The van der Waals surface area contributed by atoms with Gasteiger partial charge in [-0.3, -0.25) is 9.36 Å². The number of hydrogen-bond donors (Lipinski definition) is 2. The molecular weight excluding hydrogens is 242 g/mol. The van der Waals surface area contributed by atoms with Crippen LogP contribution in [-0.2, 0) is 6.42 Å². The summed E-state index contributed by atoms with van der Waals surface area (Å²) in [5.41, 5.74) is 13.1. The summed E-state index contributed by atoms with van der Waals surface area (Å²) in [5, 5.41) is 0. The van der Waals surface area contributed by atoms with Gasteiger partial charge in [0.1, 0.15) is 5.82 Å². The molecule has 0 spiro atoms. The van der Waals surface area contributed by atoms with E-state index in [4.69, 9.17) is 11.5 Å². The lowest BCUT2D eigenvalue weighted by molar-refractivity contribution is 0.0999. The Morgan fingerprint density at radius 3 is 2.79 bits per heavy atom. The van der Waals surface area contributed by atoms with Gasteiger partial charge in [0.2, 0.25) is 0 Å². The van der Waals surface area contributed by atoms with E-state index in [1.807, 2.05) is 19.9 Å². The second-order valence-electron chi connectivity index (χ2n) is 4.40. The van der Waals surface area contributed by atoms with Gasteiger partial charge in [0.25, 0.3) is 5.91 Å². The predicted octanol–water partition coefficient (Wildman–Crippen LogP) is 0.484. The Kier molecular flexibility index (Phi) is 3.62.